The van der Waals surface area contributed by atoms with E-state index >= 15 is 0 Å². The molecule has 9 aromatic rings. The summed E-state index contributed by atoms with van der Waals surface area (Å²) in [5, 5.41) is 16.0. The SMILES string of the molecule is Oc1cc(-n2c3ccccc3c3cc(-c4ccccc4)ccc32)cc(-n2c3ccccc3c3cc(-c4ccccc4)ccc32)c1. The summed E-state index contributed by atoms with van der Waals surface area (Å²) in [6.45, 7) is 0. The fourth-order valence-electron chi connectivity index (χ4n) is 6.96. The number of aromatic nitrogens is 2. The van der Waals surface area contributed by atoms with Gasteiger partial charge in [0.25, 0.3) is 0 Å². The van der Waals surface area contributed by atoms with Gasteiger partial charge in [-0.1, -0.05) is 109 Å². The normalized spacial score (nSPS) is 11.6. The van der Waals surface area contributed by atoms with E-state index in [1.165, 1.54) is 43.8 Å². The van der Waals surface area contributed by atoms with Crippen LogP contribution in [-0.4, -0.2) is 14.2 Å². The first-order chi connectivity index (χ1) is 22.2. The predicted molar refractivity (Wildman–Crippen MR) is 188 cm³/mol. The smallest absolute Gasteiger partial charge is 0.119 e. The molecule has 0 amide bonds. The van der Waals surface area contributed by atoms with Gasteiger partial charge in [0, 0.05) is 33.7 Å². The Bertz CT molecular complexity index is 2360. The Morgan fingerprint density at radius 3 is 1.18 bits per heavy atom. The Labute approximate surface area is 260 Å². The Morgan fingerprint density at radius 2 is 0.711 bits per heavy atom. The molecule has 2 heterocycles. The molecule has 3 nitrogen and oxygen atoms in total. The lowest BCUT2D eigenvalue weighted by Crippen LogP contribution is -1.99. The highest BCUT2D eigenvalue weighted by Crippen LogP contribution is 2.39. The average Bonchev–Trinajstić information content (AvgIpc) is 3.61. The van der Waals surface area contributed by atoms with Crippen molar-refractivity contribution in [2.24, 2.45) is 0 Å². The monoisotopic (exact) mass is 576 g/mol. The van der Waals surface area contributed by atoms with Crippen molar-refractivity contribution >= 4 is 43.6 Å². The second-order valence-corrected chi connectivity index (χ2v) is 11.6. The fraction of sp³-hybridized carbons (Fsp3) is 0. The van der Waals surface area contributed by atoms with Crippen molar-refractivity contribution in [1.82, 2.24) is 9.13 Å². The number of phenols is 1. The number of benzene rings is 7. The molecule has 1 N–H and O–H groups in total. The van der Waals surface area contributed by atoms with Gasteiger partial charge in [-0.15, -0.1) is 0 Å². The van der Waals surface area contributed by atoms with Gasteiger partial charge in [-0.25, -0.2) is 0 Å². The first-order valence-electron chi connectivity index (χ1n) is 15.2. The Hall–Kier alpha value is -6.06. The van der Waals surface area contributed by atoms with Crippen LogP contribution in [0.25, 0.3) is 77.2 Å². The van der Waals surface area contributed by atoms with E-state index in [9.17, 15) is 5.11 Å². The molecule has 45 heavy (non-hydrogen) atoms. The van der Waals surface area contributed by atoms with E-state index in [4.69, 9.17) is 0 Å². The highest BCUT2D eigenvalue weighted by atomic mass is 16.3. The molecule has 212 valence electrons. The summed E-state index contributed by atoms with van der Waals surface area (Å²) < 4.78 is 4.54. The number of rotatable bonds is 4. The van der Waals surface area contributed by atoms with E-state index in [1.807, 2.05) is 24.3 Å². The fourth-order valence-corrected chi connectivity index (χ4v) is 6.96. The van der Waals surface area contributed by atoms with Crippen molar-refractivity contribution < 1.29 is 5.11 Å². The van der Waals surface area contributed by atoms with Crippen LogP contribution in [-0.2, 0) is 0 Å². The average molecular weight is 577 g/mol. The molecule has 0 unspecified atom stereocenters. The quantitative estimate of drug-likeness (QED) is 0.222. The van der Waals surface area contributed by atoms with E-state index in [0.29, 0.717) is 0 Å². The van der Waals surface area contributed by atoms with Crippen molar-refractivity contribution in [1.29, 1.82) is 0 Å². The third-order valence-electron chi connectivity index (χ3n) is 8.96. The van der Waals surface area contributed by atoms with E-state index < -0.39 is 0 Å². The number of phenolic OH excluding ortho intramolecular Hbond substituents is 1. The van der Waals surface area contributed by atoms with Crippen LogP contribution < -0.4 is 0 Å². The second kappa shape index (κ2) is 10.0. The maximum Gasteiger partial charge on any atom is 0.119 e. The number of para-hydroxylation sites is 2. The van der Waals surface area contributed by atoms with E-state index in [-0.39, 0.29) is 5.75 Å². The summed E-state index contributed by atoms with van der Waals surface area (Å²) in [4.78, 5) is 0. The van der Waals surface area contributed by atoms with E-state index in [1.54, 1.807) is 0 Å². The topological polar surface area (TPSA) is 30.1 Å². The lowest BCUT2D eigenvalue weighted by Gasteiger charge is -2.14. The summed E-state index contributed by atoms with van der Waals surface area (Å²) in [5.41, 5.74) is 11.0. The number of aromatic hydroxyl groups is 1. The van der Waals surface area contributed by atoms with Crippen LogP contribution in [0.5, 0.6) is 5.75 Å². The molecule has 0 atom stereocenters. The molecule has 0 aliphatic rings. The number of fused-ring (bicyclic) bond motifs is 6. The molecule has 0 saturated heterocycles. The number of nitrogens with zero attached hydrogens (tertiary/aromatic N) is 2. The van der Waals surface area contributed by atoms with Crippen LogP contribution in [0.1, 0.15) is 0 Å². The molecule has 0 radical (unpaired) electrons. The molecule has 0 spiro atoms. The molecule has 0 aliphatic heterocycles. The summed E-state index contributed by atoms with van der Waals surface area (Å²) in [5.74, 6) is 0.223. The van der Waals surface area contributed by atoms with E-state index in [0.717, 1.165) is 33.4 Å². The molecule has 3 heteroatoms. The van der Waals surface area contributed by atoms with Crippen LogP contribution >= 0.6 is 0 Å². The standard InChI is InChI=1S/C42H28N2O/c45-34-26-32(43-39-17-9-7-15-35(39)37-23-30(19-21-41(37)43)28-11-3-1-4-12-28)25-33(27-34)44-40-18-10-8-16-36(40)38-24-31(20-22-42(38)44)29-13-5-2-6-14-29/h1-27,45H. The second-order valence-electron chi connectivity index (χ2n) is 11.6. The van der Waals surface area contributed by atoms with Crippen molar-refractivity contribution in [2.75, 3.05) is 0 Å². The molecule has 0 aliphatic carbocycles. The van der Waals surface area contributed by atoms with Crippen molar-refractivity contribution in [3.8, 4) is 39.4 Å². The van der Waals surface area contributed by atoms with Gasteiger partial charge >= 0.3 is 0 Å². The molecular formula is C42H28N2O. The predicted octanol–water partition coefficient (Wildman–Crippen LogP) is 10.9. The van der Waals surface area contributed by atoms with Crippen LogP contribution in [0.2, 0.25) is 0 Å². The molecule has 0 bridgehead atoms. The van der Waals surface area contributed by atoms with Crippen molar-refractivity contribution in [3.63, 3.8) is 0 Å². The van der Waals surface area contributed by atoms with Gasteiger partial charge in [-0.3, -0.25) is 0 Å². The largest absolute Gasteiger partial charge is 0.508 e. The van der Waals surface area contributed by atoms with Gasteiger partial charge in [0.2, 0.25) is 0 Å². The number of hydrogen-bond donors (Lipinski definition) is 1. The zero-order chi connectivity index (χ0) is 29.9. The van der Waals surface area contributed by atoms with Gasteiger partial charge < -0.3 is 14.2 Å². The maximum absolute atomic E-state index is 11.2. The third-order valence-corrected chi connectivity index (χ3v) is 8.96. The molecular weight excluding hydrogens is 548 g/mol. The molecule has 2 aromatic heterocycles. The highest BCUT2D eigenvalue weighted by Gasteiger charge is 2.17. The Kier molecular flexibility index (Phi) is 5.66. The summed E-state index contributed by atoms with van der Waals surface area (Å²) in [6.07, 6.45) is 0. The summed E-state index contributed by atoms with van der Waals surface area (Å²) in [6, 6.07) is 57.3. The minimum atomic E-state index is 0.223. The molecule has 9 rings (SSSR count). The Balaban J connectivity index is 1.28. The summed E-state index contributed by atoms with van der Waals surface area (Å²) in [7, 11) is 0. The highest BCUT2D eigenvalue weighted by molar-refractivity contribution is 6.12. The summed E-state index contributed by atoms with van der Waals surface area (Å²) >= 11 is 0. The maximum atomic E-state index is 11.2. The van der Waals surface area contributed by atoms with Gasteiger partial charge in [-0.05, 0) is 64.7 Å². The first-order valence-corrected chi connectivity index (χ1v) is 15.2. The van der Waals surface area contributed by atoms with Crippen LogP contribution in [0.3, 0.4) is 0 Å². The van der Waals surface area contributed by atoms with Crippen LogP contribution in [0, 0.1) is 0 Å². The zero-order valence-electron chi connectivity index (χ0n) is 24.4. The number of hydrogen-bond acceptors (Lipinski definition) is 1. The lowest BCUT2D eigenvalue weighted by atomic mass is 10.0. The van der Waals surface area contributed by atoms with E-state index in [2.05, 4.69) is 149 Å². The van der Waals surface area contributed by atoms with Gasteiger partial charge in [0.1, 0.15) is 5.75 Å². The minimum Gasteiger partial charge on any atom is -0.508 e. The van der Waals surface area contributed by atoms with Crippen molar-refractivity contribution in [3.05, 3.63) is 164 Å². The van der Waals surface area contributed by atoms with Crippen LogP contribution in [0.15, 0.2) is 164 Å². The van der Waals surface area contributed by atoms with Gasteiger partial charge in [-0.2, -0.15) is 0 Å². The third kappa shape index (κ3) is 4.05. The van der Waals surface area contributed by atoms with Crippen LogP contribution in [0.4, 0.5) is 0 Å². The lowest BCUT2D eigenvalue weighted by molar-refractivity contribution is 0.475. The molecule has 0 saturated carbocycles. The van der Waals surface area contributed by atoms with Gasteiger partial charge in [0.15, 0.2) is 0 Å². The van der Waals surface area contributed by atoms with Crippen molar-refractivity contribution in [2.45, 2.75) is 0 Å². The minimum absolute atomic E-state index is 0.223. The molecule has 0 fully saturated rings. The van der Waals surface area contributed by atoms with Gasteiger partial charge in [0.05, 0.1) is 33.4 Å². The molecule has 7 aromatic carbocycles. The zero-order valence-corrected chi connectivity index (χ0v) is 24.4. The Morgan fingerprint density at radius 1 is 0.311 bits per heavy atom. The first kappa shape index (κ1) is 25.4.